The largest absolute Gasteiger partial charge is 0.506 e. The summed E-state index contributed by atoms with van der Waals surface area (Å²) in [6.07, 6.45) is 0.467. The van der Waals surface area contributed by atoms with Crippen molar-refractivity contribution in [2.45, 2.75) is 12.8 Å². The second-order valence-corrected chi connectivity index (χ2v) is 3.67. The first-order chi connectivity index (χ1) is 7.09. The van der Waals surface area contributed by atoms with Crippen molar-refractivity contribution in [3.05, 3.63) is 23.2 Å². The SMILES string of the molecule is O=C1CCC(=O)N1c1ccc(O)c(Cl)c1. The number of carbonyl (C=O) groups is 2. The average Bonchev–Trinajstić information content (AvgIpc) is 2.52. The number of hydrogen-bond donors (Lipinski definition) is 1. The van der Waals surface area contributed by atoms with Gasteiger partial charge in [-0.1, -0.05) is 11.6 Å². The van der Waals surface area contributed by atoms with Crippen LogP contribution in [0, 0.1) is 0 Å². The summed E-state index contributed by atoms with van der Waals surface area (Å²) in [6, 6.07) is 4.25. The van der Waals surface area contributed by atoms with E-state index in [2.05, 4.69) is 0 Å². The van der Waals surface area contributed by atoms with Gasteiger partial charge in [0.15, 0.2) is 0 Å². The molecule has 0 saturated carbocycles. The van der Waals surface area contributed by atoms with Crippen LogP contribution in [0.25, 0.3) is 0 Å². The molecule has 0 atom stereocenters. The van der Waals surface area contributed by atoms with Gasteiger partial charge >= 0.3 is 0 Å². The fraction of sp³-hybridized carbons (Fsp3) is 0.200. The van der Waals surface area contributed by atoms with Gasteiger partial charge in [-0.3, -0.25) is 14.5 Å². The molecule has 1 aliphatic rings. The van der Waals surface area contributed by atoms with E-state index in [1.165, 1.54) is 18.2 Å². The van der Waals surface area contributed by atoms with E-state index in [-0.39, 0.29) is 35.4 Å². The van der Waals surface area contributed by atoms with Gasteiger partial charge in [0.1, 0.15) is 5.75 Å². The maximum atomic E-state index is 11.4. The molecule has 0 aliphatic carbocycles. The Balaban J connectivity index is 2.41. The normalized spacial score (nSPS) is 16.2. The van der Waals surface area contributed by atoms with Crippen molar-refractivity contribution >= 4 is 29.1 Å². The Morgan fingerprint density at radius 3 is 2.33 bits per heavy atom. The predicted octanol–water partition coefficient (Wildman–Crippen LogP) is 1.70. The molecular formula is C10H8ClNO3. The van der Waals surface area contributed by atoms with Crippen LogP contribution in [-0.4, -0.2) is 16.9 Å². The van der Waals surface area contributed by atoms with Crippen molar-refractivity contribution in [1.29, 1.82) is 0 Å². The second-order valence-electron chi connectivity index (χ2n) is 3.26. The lowest BCUT2D eigenvalue weighted by Gasteiger charge is -2.14. The van der Waals surface area contributed by atoms with Crippen molar-refractivity contribution in [3.8, 4) is 5.75 Å². The molecular weight excluding hydrogens is 218 g/mol. The number of hydrogen-bond acceptors (Lipinski definition) is 3. The summed E-state index contributed by atoms with van der Waals surface area (Å²) in [5.74, 6) is -0.539. The third-order valence-electron chi connectivity index (χ3n) is 2.24. The Labute approximate surface area is 91.1 Å². The lowest BCUT2D eigenvalue weighted by atomic mass is 10.3. The zero-order valence-electron chi connectivity index (χ0n) is 7.74. The van der Waals surface area contributed by atoms with E-state index in [0.717, 1.165) is 4.90 Å². The lowest BCUT2D eigenvalue weighted by Crippen LogP contribution is -2.28. The molecule has 0 radical (unpaired) electrons. The second kappa shape index (κ2) is 3.55. The van der Waals surface area contributed by atoms with Gasteiger partial charge in [-0.05, 0) is 18.2 Å². The molecule has 1 saturated heterocycles. The number of phenolic OH excluding ortho intramolecular Hbond substituents is 1. The molecule has 15 heavy (non-hydrogen) atoms. The fourth-order valence-corrected chi connectivity index (χ4v) is 1.67. The van der Waals surface area contributed by atoms with E-state index in [1.807, 2.05) is 0 Å². The summed E-state index contributed by atoms with van der Waals surface area (Å²) in [4.78, 5) is 23.9. The highest BCUT2D eigenvalue weighted by Gasteiger charge is 2.30. The molecule has 1 aromatic rings. The number of anilines is 1. The molecule has 1 N–H and O–H groups in total. The average molecular weight is 226 g/mol. The quantitative estimate of drug-likeness (QED) is 0.740. The van der Waals surface area contributed by atoms with Crippen LogP contribution in [0.3, 0.4) is 0 Å². The molecule has 2 amide bonds. The van der Waals surface area contributed by atoms with Crippen LogP contribution in [0.4, 0.5) is 5.69 Å². The van der Waals surface area contributed by atoms with Crippen LogP contribution < -0.4 is 4.90 Å². The molecule has 0 aromatic heterocycles. The maximum absolute atomic E-state index is 11.4. The molecule has 0 bridgehead atoms. The highest BCUT2D eigenvalue weighted by molar-refractivity contribution is 6.32. The van der Waals surface area contributed by atoms with Gasteiger partial charge in [-0.25, -0.2) is 0 Å². The van der Waals surface area contributed by atoms with E-state index >= 15 is 0 Å². The molecule has 2 rings (SSSR count). The zero-order chi connectivity index (χ0) is 11.0. The molecule has 5 heteroatoms. The first-order valence-electron chi connectivity index (χ1n) is 4.44. The standard InChI is InChI=1S/C10H8ClNO3/c11-7-5-6(1-2-8(7)13)12-9(14)3-4-10(12)15/h1-2,5,13H,3-4H2. The van der Waals surface area contributed by atoms with Gasteiger partial charge in [-0.15, -0.1) is 0 Å². The van der Waals surface area contributed by atoms with E-state index in [1.54, 1.807) is 0 Å². The van der Waals surface area contributed by atoms with Crippen LogP contribution >= 0.6 is 11.6 Å². The van der Waals surface area contributed by atoms with Gasteiger partial charge in [0.2, 0.25) is 11.8 Å². The Morgan fingerprint density at radius 1 is 1.20 bits per heavy atom. The molecule has 1 heterocycles. The summed E-state index contributed by atoms with van der Waals surface area (Å²) >= 11 is 5.69. The number of rotatable bonds is 1. The Bertz CT molecular complexity index is 428. The van der Waals surface area contributed by atoms with Gasteiger partial charge in [0.25, 0.3) is 0 Å². The van der Waals surface area contributed by atoms with Crippen LogP contribution in [0.5, 0.6) is 5.75 Å². The minimum Gasteiger partial charge on any atom is -0.506 e. The number of imide groups is 1. The number of benzene rings is 1. The zero-order valence-corrected chi connectivity index (χ0v) is 8.49. The summed E-state index contributed by atoms with van der Waals surface area (Å²) in [5, 5.41) is 9.32. The fourth-order valence-electron chi connectivity index (χ4n) is 1.50. The first-order valence-corrected chi connectivity index (χ1v) is 4.81. The predicted molar refractivity (Wildman–Crippen MR) is 54.8 cm³/mol. The molecule has 4 nitrogen and oxygen atoms in total. The van der Waals surface area contributed by atoms with E-state index < -0.39 is 0 Å². The van der Waals surface area contributed by atoms with Gasteiger partial charge in [0.05, 0.1) is 10.7 Å². The number of aromatic hydroxyl groups is 1. The Kier molecular flexibility index (Phi) is 2.36. The maximum Gasteiger partial charge on any atom is 0.234 e. The van der Waals surface area contributed by atoms with Crippen molar-refractivity contribution in [2.75, 3.05) is 4.90 Å². The molecule has 0 unspecified atom stereocenters. The number of carbonyl (C=O) groups excluding carboxylic acids is 2. The number of phenols is 1. The summed E-state index contributed by atoms with van der Waals surface area (Å²) in [5.41, 5.74) is 0.408. The molecule has 78 valence electrons. The summed E-state index contributed by atoms with van der Waals surface area (Å²) < 4.78 is 0. The van der Waals surface area contributed by atoms with Crippen molar-refractivity contribution in [3.63, 3.8) is 0 Å². The molecule has 1 aliphatic heterocycles. The van der Waals surface area contributed by atoms with Crippen LogP contribution in [0.15, 0.2) is 18.2 Å². The van der Waals surface area contributed by atoms with E-state index in [9.17, 15) is 14.7 Å². The minimum absolute atomic E-state index is 0.0699. The monoisotopic (exact) mass is 225 g/mol. The van der Waals surface area contributed by atoms with Crippen LogP contribution in [-0.2, 0) is 9.59 Å². The highest BCUT2D eigenvalue weighted by Crippen LogP contribution is 2.30. The van der Waals surface area contributed by atoms with Crippen molar-refractivity contribution in [2.24, 2.45) is 0 Å². The highest BCUT2D eigenvalue weighted by atomic mass is 35.5. The topological polar surface area (TPSA) is 57.6 Å². The van der Waals surface area contributed by atoms with Gasteiger partial charge in [0, 0.05) is 12.8 Å². The van der Waals surface area contributed by atoms with E-state index in [4.69, 9.17) is 11.6 Å². The number of nitrogens with zero attached hydrogens (tertiary/aromatic N) is 1. The van der Waals surface area contributed by atoms with E-state index in [0.29, 0.717) is 5.69 Å². The molecule has 1 fully saturated rings. The molecule has 1 aromatic carbocycles. The first kappa shape index (κ1) is 9.98. The van der Waals surface area contributed by atoms with Crippen LogP contribution in [0.2, 0.25) is 5.02 Å². The minimum atomic E-state index is -0.234. The third kappa shape index (κ3) is 1.68. The summed E-state index contributed by atoms with van der Waals surface area (Å²) in [6.45, 7) is 0. The smallest absolute Gasteiger partial charge is 0.234 e. The van der Waals surface area contributed by atoms with Crippen molar-refractivity contribution in [1.82, 2.24) is 0 Å². The lowest BCUT2D eigenvalue weighted by molar-refractivity contribution is -0.121. The Morgan fingerprint density at radius 2 is 1.80 bits per heavy atom. The molecule has 0 spiro atoms. The van der Waals surface area contributed by atoms with Gasteiger partial charge in [-0.2, -0.15) is 0 Å². The van der Waals surface area contributed by atoms with Crippen LogP contribution in [0.1, 0.15) is 12.8 Å². The number of halogens is 1. The third-order valence-corrected chi connectivity index (χ3v) is 2.54. The Hall–Kier alpha value is -1.55. The summed E-state index contributed by atoms with van der Waals surface area (Å²) in [7, 11) is 0. The van der Waals surface area contributed by atoms with Crippen molar-refractivity contribution < 1.29 is 14.7 Å². The van der Waals surface area contributed by atoms with Gasteiger partial charge < -0.3 is 5.11 Å². The number of amides is 2.